The van der Waals surface area contributed by atoms with Crippen LogP contribution in [0.3, 0.4) is 0 Å². The Kier molecular flexibility index (Phi) is 4.71. The highest BCUT2D eigenvalue weighted by atomic mass is 32.2. The summed E-state index contributed by atoms with van der Waals surface area (Å²) in [4.78, 5) is 17.5. The second kappa shape index (κ2) is 7.65. The summed E-state index contributed by atoms with van der Waals surface area (Å²) in [5.74, 6) is 1.31. The van der Waals surface area contributed by atoms with Gasteiger partial charge in [0.15, 0.2) is 15.9 Å². The normalized spacial score (nSPS) is 11.2. The van der Waals surface area contributed by atoms with Crippen molar-refractivity contribution in [3.05, 3.63) is 94.4 Å². The fraction of sp³-hybridized carbons (Fsp3) is 0.0476. The van der Waals surface area contributed by atoms with Gasteiger partial charge in [0.1, 0.15) is 0 Å². The van der Waals surface area contributed by atoms with E-state index < -0.39 is 0 Å². The highest BCUT2D eigenvalue weighted by Crippen LogP contribution is 2.29. The van der Waals surface area contributed by atoms with E-state index >= 15 is 0 Å². The molecule has 0 saturated heterocycles. The molecule has 0 amide bonds. The van der Waals surface area contributed by atoms with Crippen molar-refractivity contribution < 1.29 is 0 Å². The standard InChI is InChI=1S/C21H15N5OS2/c27-18-13-16(22-20-25(18)11-12-28-20)14-29-21-24-23-19(15-7-3-1-4-8-15)26(21)17-9-5-2-6-10-17/h1-13H,14H2. The summed E-state index contributed by atoms with van der Waals surface area (Å²) < 4.78 is 3.59. The lowest BCUT2D eigenvalue weighted by Crippen LogP contribution is -2.12. The van der Waals surface area contributed by atoms with Crippen molar-refractivity contribution in [2.45, 2.75) is 10.9 Å². The molecule has 0 fully saturated rings. The number of thioether (sulfide) groups is 1. The van der Waals surface area contributed by atoms with Crippen molar-refractivity contribution in [1.82, 2.24) is 24.1 Å². The van der Waals surface area contributed by atoms with Crippen LogP contribution in [0.15, 0.2) is 88.3 Å². The smallest absolute Gasteiger partial charge is 0.258 e. The van der Waals surface area contributed by atoms with Gasteiger partial charge < -0.3 is 0 Å². The van der Waals surface area contributed by atoms with Gasteiger partial charge in [-0.05, 0) is 12.1 Å². The highest BCUT2D eigenvalue weighted by molar-refractivity contribution is 7.98. The van der Waals surface area contributed by atoms with E-state index in [1.807, 2.05) is 70.6 Å². The molecule has 0 aliphatic carbocycles. The molecule has 0 unspecified atom stereocenters. The van der Waals surface area contributed by atoms with Gasteiger partial charge in [-0.2, -0.15) is 0 Å². The third-order valence-corrected chi connectivity index (χ3v) is 6.10. The average molecular weight is 418 g/mol. The largest absolute Gasteiger partial charge is 0.270 e. The molecule has 0 aliphatic rings. The van der Waals surface area contributed by atoms with E-state index in [1.54, 1.807) is 16.7 Å². The Bertz CT molecular complexity index is 1330. The minimum Gasteiger partial charge on any atom is -0.270 e. The molecule has 3 heterocycles. The predicted octanol–water partition coefficient (Wildman–Crippen LogP) is 4.30. The topological polar surface area (TPSA) is 65.1 Å². The zero-order chi connectivity index (χ0) is 19.6. The lowest BCUT2D eigenvalue weighted by atomic mass is 10.2. The second-order valence-electron chi connectivity index (χ2n) is 6.27. The monoisotopic (exact) mass is 417 g/mol. The van der Waals surface area contributed by atoms with Crippen molar-refractivity contribution in [1.29, 1.82) is 0 Å². The summed E-state index contributed by atoms with van der Waals surface area (Å²) >= 11 is 2.96. The van der Waals surface area contributed by atoms with E-state index in [2.05, 4.69) is 15.2 Å². The third-order valence-electron chi connectivity index (χ3n) is 4.39. The summed E-state index contributed by atoms with van der Waals surface area (Å²) in [6.45, 7) is 0. The minimum absolute atomic E-state index is 0.0682. The Hall–Kier alpha value is -3.23. The molecule has 5 aromatic rings. The van der Waals surface area contributed by atoms with E-state index in [0.717, 1.165) is 27.9 Å². The summed E-state index contributed by atoms with van der Waals surface area (Å²) in [6, 6.07) is 21.6. The Morgan fingerprint density at radius 1 is 0.966 bits per heavy atom. The number of benzene rings is 2. The van der Waals surface area contributed by atoms with Crippen LogP contribution in [0.1, 0.15) is 5.69 Å². The van der Waals surface area contributed by atoms with Crippen molar-refractivity contribution in [2.75, 3.05) is 0 Å². The molecule has 0 radical (unpaired) electrons. The molecule has 0 saturated carbocycles. The predicted molar refractivity (Wildman–Crippen MR) is 116 cm³/mol. The van der Waals surface area contributed by atoms with Gasteiger partial charge in [-0.3, -0.25) is 13.8 Å². The van der Waals surface area contributed by atoms with Gasteiger partial charge in [0.05, 0.1) is 5.69 Å². The number of para-hydroxylation sites is 1. The van der Waals surface area contributed by atoms with Crippen LogP contribution in [-0.2, 0) is 5.75 Å². The number of rotatable bonds is 5. The number of aromatic nitrogens is 5. The lowest BCUT2D eigenvalue weighted by Gasteiger charge is -2.10. The van der Waals surface area contributed by atoms with Crippen LogP contribution in [0.25, 0.3) is 22.0 Å². The van der Waals surface area contributed by atoms with Crippen LogP contribution in [0.5, 0.6) is 0 Å². The Labute approximate surface area is 174 Å². The molecular formula is C21H15N5OS2. The van der Waals surface area contributed by atoms with Gasteiger partial charge in [0.25, 0.3) is 5.56 Å². The van der Waals surface area contributed by atoms with Gasteiger partial charge in [0.2, 0.25) is 0 Å². The molecule has 3 aromatic heterocycles. The molecule has 0 atom stereocenters. The zero-order valence-corrected chi connectivity index (χ0v) is 16.8. The molecule has 0 spiro atoms. The van der Waals surface area contributed by atoms with Crippen LogP contribution in [0.2, 0.25) is 0 Å². The zero-order valence-electron chi connectivity index (χ0n) is 15.2. The van der Waals surface area contributed by atoms with Gasteiger partial charge in [0, 0.05) is 34.6 Å². The first-order valence-corrected chi connectivity index (χ1v) is 10.8. The van der Waals surface area contributed by atoms with E-state index in [-0.39, 0.29) is 5.56 Å². The Morgan fingerprint density at radius 3 is 2.52 bits per heavy atom. The molecule has 6 nitrogen and oxygen atoms in total. The molecule has 2 aromatic carbocycles. The second-order valence-corrected chi connectivity index (χ2v) is 8.09. The molecule has 0 bridgehead atoms. The lowest BCUT2D eigenvalue weighted by molar-refractivity contribution is 0.885. The number of hydrogen-bond acceptors (Lipinski definition) is 6. The quantitative estimate of drug-likeness (QED) is 0.399. The van der Waals surface area contributed by atoms with Crippen molar-refractivity contribution in [2.24, 2.45) is 0 Å². The number of thiazole rings is 1. The van der Waals surface area contributed by atoms with Crippen LogP contribution < -0.4 is 5.56 Å². The SMILES string of the molecule is O=c1cc(CSc2nnc(-c3ccccc3)n2-c2ccccc2)nc2sccn12. The minimum atomic E-state index is -0.0682. The molecule has 29 heavy (non-hydrogen) atoms. The van der Waals surface area contributed by atoms with Crippen molar-refractivity contribution >= 4 is 28.1 Å². The van der Waals surface area contributed by atoms with Crippen LogP contribution >= 0.6 is 23.1 Å². The van der Waals surface area contributed by atoms with Crippen LogP contribution in [0, 0.1) is 0 Å². The first kappa shape index (κ1) is 17.8. The molecule has 0 N–H and O–H groups in total. The van der Waals surface area contributed by atoms with Crippen molar-refractivity contribution in [3.8, 4) is 17.1 Å². The van der Waals surface area contributed by atoms with E-state index in [4.69, 9.17) is 0 Å². The van der Waals surface area contributed by atoms with E-state index in [9.17, 15) is 4.79 Å². The molecular weight excluding hydrogens is 402 g/mol. The summed E-state index contributed by atoms with van der Waals surface area (Å²) in [7, 11) is 0. The maximum atomic E-state index is 12.2. The molecule has 8 heteroatoms. The maximum Gasteiger partial charge on any atom is 0.258 e. The Morgan fingerprint density at radius 2 is 1.72 bits per heavy atom. The fourth-order valence-corrected chi connectivity index (χ4v) is 4.63. The summed E-state index contributed by atoms with van der Waals surface area (Å²) in [5.41, 5.74) is 2.64. The number of nitrogens with zero attached hydrogens (tertiary/aromatic N) is 5. The fourth-order valence-electron chi connectivity index (χ4n) is 3.05. The molecule has 0 aliphatic heterocycles. The Balaban J connectivity index is 1.53. The third kappa shape index (κ3) is 3.48. The highest BCUT2D eigenvalue weighted by Gasteiger charge is 2.16. The van der Waals surface area contributed by atoms with E-state index in [0.29, 0.717) is 10.7 Å². The van der Waals surface area contributed by atoms with Crippen LogP contribution in [-0.4, -0.2) is 24.1 Å². The average Bonchev–Trinajstić information content (AvgIpc) is 3.41. The number of hydrogen-bond donors (Lipinski definition) is 0. The van der Waals surface area contributed by atoms with Gasteiger partial charge in [-0.15, -0.1) is 21.5 Å². The first-order chi connectivity index (χ1) is 14.3. The molecule has 142 valence electrons. The van der Waals surface area contributed by atoms with Gasteiger partial charge >= 0.3 is 0 Å². The maximum absolute atomic E-state index is 12.2. The van der Waals surface area contributed by atoms with Crippen LogP contribution in [0.4, 0.5) is 0 Å². The van der Waals surface area contributed by atoms with Gasteiger partial charge in [-0.1, -0.05) is 60.3 Å². The van der Waals surface area contributed by atoms with Crippen molar-refractivity contribution in [3.63, 3.8) is 0 Å². The van der Waals surface area contributed by atoms with E-state index in [1.165, 1.54) is 23.1 Å². The number of fused-ring (bicyclic) bond motifs is 1. The summed E-state index contributed by atoms with van der Waals surface area (Å²) in [5, 5.41) is 11.5. The summed E-state index contributed by atoms with van der Waals surface area (Å²) in [6.07, 6.45) is 1.74. The van der Waals surface area contributed by atoms with Gasteiger partial charge in [-0.25, -0.2) is 4.98 Å². The molecule has 5 rings (SSSR count). The first-order valence-electron chi connectivity index (χ1n) is 8.94.